The largest absolute Gasteiger partial charge is 0.387 e. The lowest BCUT2D eigenvalue weighted by Crippen LogP contribution is -2.49. The molecule has 0 heterocycles. The third-order valence-corrected chi connectivity index (χ3v) is 2.48. The van der Waals surface area contributed by atoms with Gasteiger partial charge in [0.2, 0.25) is 0 Å². The van der Waals surface area contributed by atoms with Crippen LogP contribution in [0.15, 0.2) is 0 Å². The van der Waals surface area contributed by atoms with Crippen LogP contribution in [0, 0.1) is 0 Å². The zero-order chi connectivity index (χ0) is 9.83. The highest BCUT2D eigenvalue weighted by Crippen LogP contribution is 2.30. The number of hydrogen-bond donors (Lipinski definition) is 1. The zero-order valence-electron chi connectivity index (χ0n) is 8.98. The number of rotatable bonds is 5. The molecule has 0 aromatic heterocycles. The van der Waals surface area contributed by atoms with E-state index in [4.69, 9.17) is 4.74 Å². The van der Waals surface area contributed by atoms with Crippen LogP contribution in [0.25, 0.3) is 0 Å². The molecule has 0 aliphatic rings. The average molecular weight is 174 g/mol. The van der Waals surface area contributed by atoms with Gasteiger partial charge < -0.3 is 9.84 Å². The molecular weight excluding hydrogens is 152 g/mol. The summed E-state index contributed by atoms with van der Waals surface area (Å²) in [7, 11) is 0. The Morgan fingerprint density at radius 3 is 1.92 bits per heavy atom. The first kappa shape index (κ1) is 11.9. The maximum atomic E-state index is 9.87. The van der Waals surface area contributed by atoms with Gasteiger partial charge in [0, 0.05) is 6.61 Å². The van der Waals surface area contributed by atoms with Crippen molar-refractivity contribution < 1.29 is 9.84 Å². The second-order valence-corrected chi connectivity index (χ2v) is 3.97. The van der Waals surface area contributed by atoms with E-state index in [2.05, 4.69) is 6.92 Å². The lowest BCUT2D eigenvalue weighted by atomic mass is 9.83. The minimum Gasteiger partial charge on any atom is -0.387 e. The van der Waals surface area contributed by atoms with Gasteiger partial charge in [-0.1, -0.05) is 13.3 Å². The summed E-state index contributed by atoms with van der Waals surface area (Å²) in [5.41, 5.74) is -1.17. The monoisotopic (exact) mass is 174 g/mol. The van der Waals surface area contributed by atoms with Crippen LogP contribution in [0.1, 0.15) is 47.5 Å². The van der Waals surface area contributed by atoms with Crippen LogP contribution in [0.3, 0.4) is 0 Å². The molecule has 0 fully saturated rings. The van der Waals surface area contributed by atoms with Crippen molar-refractivity contribution in [3.05, 3.63) is 0 Å². The first-order valence-corrected chi connectivity index (χ1v) is 4.73. The Hall–Kier alpha value is -0.0800. The Labute approximate surface area is 75.9 Å². The fourth-order valence-corrected chi connectivity index (χ4v) is 1.35. The van der Waals surface area contributed by atoms with Crippen molar-refractivity contribution in [3.63, 3.8) is 0 Å². The summed E-state index contributed by atoms with van der Waals surface area (Å²) >= 11 is 0. The molecule has 12 heavy (non-hydrogen) atoms. The second-order valence-electron chi connectivity index (χ2n) is 3.97. The molecule has 0 bridgehead atoms. The molecule has 0 amide bonds. The molecule has 2 heteroatoms. The van der Waals surface area contributed by atoms with E-state index in [0.29, 0.717) is 6.61 Å². The van der Waals surface area contributed by atoms with Crippen LogP contribution in [0.5, 0.6) is 0 Å². The molecular formula is C10H22O2. The lowest BCUT2D eigenvalue weighted by Gasteiger charge is -2.40. The van der Waals surface area contributed by atoms with Crippen molar-refractivity contribution in [2.45, 2.75) is 58.7 Å². The summed E-state index contributed by atoms with van der Waals surface area (Å²) in [6.45, 7) is 10.3. The predicted molar refractivity (Wildman–Crippen MR) is 51.2 cm³/mol. The molecule has 1 unspecified atom stereocenters. The van der Waals surface area contributed by atoms with Gasteiger partial charge in [-0.2, -0.15) is 0 Å². The molecule has 0 saturated heterocycles. The van der Waals surface area contributed by atoms with Crippen LogP contribution in [0.4, 0.5) is 0 Å². The minimum atomic E-state index is -0.765. The summed E-state index contributed by atoms with van der Waals surface area (Å²) in [4.78, 5) is 0. The smallest absolute Gasteiger partial charge is 0.0934 e. The van der Waals surface area contributed by atoms with Gasteiger partial charge in [-0.3, -0.25) is 0 Å². The molecule has 0 spiro atoms. The highest BCUT2D eigenvalue weighted by Gasteiger charge is 2.39. The maximum absolute atomic E-state index is 9.87. The maximum Gasteiger partial charge on any atom is 0.0934 e. The molecule has 0 radical (unpaired) electrons. The standard InChI is InChI=1S/C10H22O2/c1-6-8-10(5,12-7-2)9(3,4)11/h11H,6-8H2,1-5H3. The summed E-state index contributed by atoms with van der Waals surface area (Å²) in [6, 6.07) is 0. The Morgan fingerprint density at radius 1 is 1.17 bits per heavy atom. The van der Waals surface area contributed by atoms with Crippen molar-refractivity contribution in [1.29, 1.82) is 0 Å². The van der Waals surface area contributed by atoms with Gasteiger partial charge >= 0.3 is 0 Å². The van der Waals surface area contributed by atoms with Crippen LogP contribution >= 0.6 is 0 Å². The molecule has 74 valence electrons. The van der Waals surface area contributed by atoms with Crippen molar-refractivity contribution in [2.75, 3.05) is 6.61 Å². The molecule has 0 rings (SSSR count). The zero-order valence-corrected chi connectivity index (χ0v) is 8.98. The third-order valence-electron chi connectivity index (χ3n) is 2.48. The summed E-state index contributed by atoms with van der Waals surface area (Å²) in [6.07, 6.45) is 1.92. The molecule has 0 aliphatic carbocycles. The average Bonchev–Trinajstić information content (AvgIpc) is 1.86. The van der Waals surface area contributed by atoms with Gasteiger partial charge in [0.15, 0.2) is 0 Å². The van der Waals surface area contributed by atoms with E-state index in [-0.39, 0.29) is 0 Å². The van der Waals surface area contributed by atoms with E-state index in [1.807, 2.05) is 13.8 Å². The highest BCUT2D eigenvalue weighted by molar-refractivity contribution is 4.91. The third kappa shape index (κ3) is 2.76. The van der Waals surface area contributed by atoms with E-state index < -0.39 is 11.2 Å². The number of aliphatic hydroxyl groups is 1. The Bertz CT molecular complexity index is 118. The van der Waals surface area contributed by atoms with Crippen LogP contribution in [-0.4, -0.2) is 22.9 Å². The minimum absolute atomic E-state index is 0.406. The normalized spacial score (nSPS) is 17.5. The number of hydrogen-bond acceptors (Lipinski definition) is 2. The van der Waals surface area contributed by atoms with E-state index in [9.17, 15) is 5.11 Å². The SMILES string of the molecule is CCCC(C)(OCC)C(C)(C)O. The van der Waals surface area contributed by atoms with Crippen molar-refractivity contribution in [1.82, 2.24) is 0 Å². The molecule has 1 N–H and O–H groups in total. The van der Waals surface area contributed by atoms with Crippen molar-refractivity contribution in [3.8, 4) is 0 Å². The molecule has 0 aromatic carbocycles. The Balaban J connectivity index is 4.38. The Kier molecular flexibility index (Phi) is 4.21. The highest BCUT2D eigenvalue weighted by atomic mass is 16.5. The fourth-order valence-electron chi connectivity index (χ4n) is 1.35. The van der Waals surface area contributed by atoms with E-state index >= 15 is 0 Å². The number of ether oxygens (including phenoxy) is 1. The summed E-state index contributed by atoms with van der Waals surface area (Å²) in [5, 5.41) is 9.87. The molecule has 0 aliphatic heterocycles. The van der Waals surface area contributed by atoms with Gasteiger partial charge in [-0.05, 0) is 34.1 Å². The summed E-state index contributed by atoms with van der Waals surface area (Å²) in [5.74, 6) is 0. The fraction of sp³-hybridized carbons (Fsp3) is 1.00. The lowest BCUT2D eigenvalue weighted by molar-refractivity contribution is -0.159. The van der Waals surface area contributed by atoms with Gasteiger partial charge in [0.25, 0.3) is 0 Å². The summed E-state index contributed by atoms with van der Waals surface area (Å²) < 4.78 is 5.58. The molecule has 1 atom stereocenters. The molecule has 0 aromatic rings. The second kappa shape index (κ2) is 4.24. The first-order valence-electron chi connectivity index (χ1n) is 4.73. The van der Waals surface area contributed by atoms with E-state index in [0.717, 1.165) is 12.8 Å². The van der Waals surface area contributed by atoms with E-state index in [1.54, 1.807) is 13.8 Å². The van der Waals surface area contributed by atoms with E-state index in [1.165, 1.54) is 0 Å². The quantitative estimate of drug-likeness (QED) is 0.693. The van der Waals surface area contributed by atoms with Crippen molar-refractivity contribution >= 4 is 0 Å². The van der Waals surface area contributed by atoms with Crippen molar-refractivity contribution in [2.24, 2.45) is 0 Å². The predicted octanol–water partition coefficient (Wildman–Crippen LogP) is 2.35. The molecule has 0 saturated carbocycles. The van der Waals surface area contributed by atoms with Gasteiger partial charge in [-0.15, -0.1) is 0 Å². The van der Waals surface area contributed by atoms with Gasteiger partial charge in [0.1, 0.15) is 0 Å². The van der Waals surface area contributed by atoms with Crippen LogP contribution in [-0.2, 0) is 4.74 Å². The first-order chi connectivity index (χ1) is 5.37. The Morgan fingerprint density at radius 2 is 1.67 bits per heavy atom. The topological polar surface area (TPSA) is 29.5 Å². The van der Waals surface area contributed by atoms with Gasteiger partial charge in [0.05, 0.1) is 11.2 Å². The van der Waals surface area contributed by atoms with Crippen LogP contribution in [0.2, 0.25) is 0 Å². The van der Waals surface area contributed by atoms with Gasteiger partial charge in [-0.25, -0.2) is 0 Å². The van der Waals surface area contributed by atoms with Crippen LogP contribution < -0.4 is 0 Å². The molecule has 2 nitrogen and oxygen atoms in total.